The van der Waals surface area contributed by atoms with Gasteiger partial charge in [-0.3, -0.25) is 9.59 Å². The summed E-state index contributed by atoms with van der Waals surface area (Å²) in [5.41, 5.74) is 2.17. The maximum absolute atomic E-state index is 12.2. The van der Waals surface area contributed by atoms with E-state index >= 15 is 0 Å². The van der Waals surface area contributed by atoms with Crippen LogP contribution in [-0.2, 0) is 16.0 Å². The van der Waals surface area contributed by atoms with Crippen molar-refractivity contribution in [2.24, 2.45) is 0 Å². The summed E-state index contributed by atoms with van der Waals surface area (Å²) >= 11 is 2.13. The number of anilines is 1. The van der Waals surface area contributed by atoms with Crippen molar-refractivity contribution < 1.29 is 14.3 Å². The van der Waals surface area contributed by atoms with Crippen molar-refractivity contribution in [1.82, 2.24) is 0 Å². The SMILES string of the molecule is COC(=O)Cc1ccc(NC(=O)c2ccccc2I)cc1. The van der Waals surface area contributed by atoms with E-state index in [2.05, 4.69) is 32.6 Å². The van der Waals surface area contributed by atoms with Crippen LogP contribution in [0.4, 0.5) is 5.69 Å². The lowest BCUT2D eigenvalue weighted by Gasteiger charge is -2.07. The van der Waals surface area contributed by atoms with E-state index in [-0.39, 0.29) is 18.3 Å². The Hall–Kier alpha value is -1.89. The third-order valence-electron chi connectivity index (χ3n) is 2.91. The predicted octanol–water partition coefficient (Wildman–Crippen LogP) is 3.26. The molecule has 2 aromatic carbocycles. The van der Waals surface area contributed by atoms with Gasteiger partial charge in [-0.1, -0.05) is 24.3 Å². The highest BCUT2D eigenvalue weighted by Crippen LogP contribution is 2.15. The molecule has 2 aromatic rings. The molecule has 4 nitrogen and oxygen atoms in total. The molecule has 1 amide bonds. The Labute approximate surface area is 136 Å². The number of halogens is 1. The number of esters is 1. The number of carbonyl (C=O) groups is 2. The van der Waals surface area contributed by atoms with Crippen LogP contribution >= 0.6 is 22.6 Å². The Balaban J connectivity index is 2.05. The van der Waals surface area contributed by atoms with Crippen molar-refractivity contribution in [1.29, 1.82) is 0 Å². The van der Waals surface area contributed by atoms with Crippen molar-refractivity contribution in [3.05, 3.63) is 63.2 Å². The van der Waals surface area contributed by atoms with E-state index < -0.39 is 0 Å². The number of ether oxygens (including phenoxy) is 1. The van der Waals surface area contributed by atoms with Gasteiger partial charge in [0.2, 0.25) is 0 Å². The van der Waals surface area contributed by atoms with Gasteiger partial charge in [0, 0.05) is 9.26 Å². The molecule has 0 heterocycles. The number of rotatable bonds is 4. The number of benzene rings is 2. The summed E-state index contributed by atoms with van der Waals surface area (Å²) in [6, 6.07) is 14.5. The first kappa shape index (κ1) is 15.5. The van der Waals surface area contributed by atoms with Crippen molar-refractivity contribution in [2.45, 2.75) is 6.42 Å². The molecule has 0 unspecified atom stereocenters. The molecule has 0 aromatic heterocycles. The number of methoxy groups -OCH3 is 1. The fourth-order valence-corrected chi connectivity index (χ4v) is 2.42. The van der Waals surface area contributed by atoms with Crippen LogP contribution in [0, 0.1) is 3.57 Å². The minimum atomic E-state index is -0.286. The lowest BCUT2D eigenvalue weighted by Crippen LogP contribution is -2.13. The standard InChI is InChI=1S/C16H14INO3/c1-21-15(19)10-11-6-8-12(9-7-11)18-16(20)13-4-2-3-5-14(13)17/h2-9H,10H2,1H3,(H,18,20). The number of hydrogen-bond acceptors (Lipinski definition) is 3. The van der Waals surface area contributed by atoms with Crippen LogP contribution in [0.5, 0.6) is 0 Å². The Morgan fingerprint density at radius 1 is 1.10 bits per heavy atom. The van der Waals surface area contributed by atoms with Gasteiger partial charge in [-0.15, -0.1) is 0 Å². The molecule has 0 saturated heterocycles. The second-order valence-electron chi connectivity index (χ2n) is 4.38. The number of carbonyl (C=O) groups excluding carboxylic acids is 2. The van der Waals surface area contributed by atoms with Crippen LogP contribution in [0.25, 0.3) is 0 Å². The van der Waals surface area contributed by atoms with Crippen molar-refractivity contribution >= 4 is 40.2 Å². The molecule has 0 aliphatic carbocycles. The van der Waals surface area contributed by atoms with Gasteiger partial charge in [-0.05, 0) is 52.4 Å². The summed E-state index contributed by atoms with van der Waals surface area (Å²) in [7, 11) is 1.36. The summed E-state index contributed by atoms with van der Waals surface area (Å²) in [5, 5.41) is 2.83. The zero-order valence-corrected chi connectivity index (χ0v) is 13.6. The van der Waals surface area contributed by atoms with E-state index in [4.69, 9.17) is 0 Å². The fourth-order valence-electron chi connectivity index (χ4n) is 1.79. The molecule has 0 radical (unpaired) electrons. The van der Waals surface area contributed by atoms with E-state index in [1.54, 1.807) is 30.3 Å². The second kappa shape index (κ2) is 7.21. The summed E-state index contributed by atoms with van der Waals surface area (Å²) in [5.74, 6) is -0.439. The smallest absolute Gasteiger partial charge is 0.309 e. The van der Waals surface area contributed by atoms with Crippen molar-refractivity contribution in [2.75, 3.05) is 12.4 Å². The molecule has 0 aliphatic rings. The van der Waals surface area contributed by atoms with E-state index in [1.165, 1.54) is 7.11 Å². The van der Waals surface area contributed by atoms with E-state index in [0.717, 1.165) is 9.13 Å². The van der Waals surface area contributed by atoms with Crippen LogP contribution in [0.15, 0.2) is 48.5 Å². The van der Waals surface area contributed by atoms with E-state index in [1.807, 2.05) is 18.2 Å². The van der Waals surface area contributed by atoms with E-state index in [0.29, 0.717) is 11.3 Å². The maximum Gasteiger partial charge on any atom is 0.309 e. The van der Waals surface area contributed by atoms with Gasteiger partial charge >= 0.3 is 5.97 Å². The maximum atomic E-state index is 12.2. The zero-order chi connectivity index (χ0) is 15.2. The minimum Gasteiger partial charge on any atom is -0.469 e. The Morgan fingerprint density at radius 2 is 1.76 bits per heavy atom. The van der Waals surface area contributed by atoms with Crippen LogP contribution < -0.4 is 5.32 Å². The Bertz CT molecular complexity index is 653. The van der Waals surface area contributed by atoms with Crippen molar-refractivity contribution in [3.8, 4) is 0 Å². The molecule has 21 heavy (non-hydrogen) atoms. The highest BCUT2D eigenvalue weighted by molar-refractivity contribution is 14.1. The van der Waals surface area contributed by atoms with Gasteiger partial charge < -0.3 is 10.1 Å². The molecular weight excluding hydrogens is 381 g/mol. The van der Waals surface area contributed by atoms with Gasteiger partial charge in [0.25, 0.3) is 5.91 Å². The van der Waals surface area contributed by atoms with Crippen LogP contribution in [0.2, 0.25) is 0 Å². The van der Waals surface area contributed by atoms with Gasteiger partial charge in [0.1, 0.15) is 0 Å². The van der Waals surface area contributed by atoms with Crippen LogP contribution in [0.1, 0.15) is 15.9 Å². The molecule has 0 atom stereocenters. The lowest BCUT2D eigenvalue weighted by molar-refractivity contribution is -0.139. The fraction of sp³-hybridized carbons (Fsp3) is 0.125. The summed E-state index contributed by atoms with van der Waals surface area (Å²) < 4.78 is 5.51. The molecule has 5 heteroatoms. The number of hydrogen-bond donors (Lipinski definition) is 1. The van der Waals surface area contributed by atoms with Crippen molar-refractivity contribution in [3.63, 3.8) is 0 Å². The molecule has 0 bridgehead atoms. The molecule has 0 fully saturated rings. The molecule has 2 rings (SSSR count). The predicted molar refractivity (Wildman–Crippen MR) is 89.3 cm³/mol. The molecular formula is C16H14INO3. The van der Waals surface area contributed by atoms with Gasteiger partial charge in [-0.25, -0.2) is 0 Å². The highest BCUT2D eigenvalue weighted by atomic mass is 127. The van der Waals surface area contributed by atoms with Crippen LogP contribution in [0.3, 0.4) is 0 Å². The minimum absolute atomic E-state index is 0.152. The summed E-state index contributed by atoms with van der Waals surface area (Å²) in [4.78, 5) is 23.3. The average molecular weight is 395 g/mol. The topological polar surface area (TPSA) is 55.4 Å². The zero-order valence-electron chi connectivity index (χ0n) is 11.4. The van der Waals surface area contributed by atoms with Gasteiger partial charge in [-0.2, -0.15) is 0 Å². The second-order valence-corrected chi connectivity index (χ2v) is 5.55. The molecule has 0 spiro atoms. The summed E-state index contributed by atoms with van der Waals surface area (Å²) in [6.07, 6.45) is 0.224. The quantitative estimate of drug-likeness (QED) is 0.639. The summed E-state index contributed by atoms with van der Waals surface area (Å²) in [6.45, 7) is 0. The van der Waals surface area contributed by atoms with E-state index in [9.17, 15) is 9.59 Å². The molecule has 0 aliphatic heterocycles. The normalized spacial score (nSPS) is 10.0. The largest absolute Gasteiger partial charge is 0.469 e. The monoisotopic (exact) mass is 395 g/mol. The number of amides is 1. The van der Waals surface area contributed by atoms with Crippen LogP contribution in [-0.4, -0.2) is 19.0 Å². The lowest BCUT2D eigenvalue weighted by atomic mass is 10.1. The first-order valence-corrected chi connectivity index (χ1v) is 7.39. The molecule has 1 N–H and O–H groups in total. The Morgan fingerprint density at radius 3 is 2.38 bits per heavy atom. The first-order chi connectivity index (χ1) is 10.1. The van der Waals surface area contributed by atoms with Gasteiger partial charge in [0.15, 0.2) is 0 Å². The Kier molecular flexibility index (Phi) is 5.32. The highest BCUT2D eigenvalue weighted by Gasteiger charge is 2.09. The molecule has 0 saturated carbocycles. The third-order valence-corrected chi connectivity index (χ3v) is 3.85. The van der Waals surface area contributed by atoms with Gasteiger partial charge in [0.05, 0.1) is 19.1 Å². The average Bonchev–Trinajstić information content (AvgIpc) is 2.49. The first-order valence-electron chi connectivity index (χ1n) is 6.32. The molecule has 108 valence electrons. The number of nitrogens with one attached hydrogen (secondary N) is 1. The third kappa shape index (κ3) is 4.29.